The van der Waals surface area contributed by atoms with E-state index < -0.39 is 9.04 Å². The van der Waals surface area contributed by atoms with Crippen LogP contribution in [0.2, 0.25) is 13.1 Å². The lowest BCUT2D eigenvalue weighted by atomic mass is 9.79. The van der Waals surface area contributed by atoms with E-state index in [0.717, 1.165) is 12.7 Å². The first-order valence-corrected chi connectivity index (χ1v) is 10.6. The lowest BCUT2D eigenvalue weighted by molar-refractivity contribution is -0.116. The van der Waals surface area contributed by atoms with Crippen LogP contribution < -0.4 is 0 Å². The molecule has 2 aromatic carbocycles. The molecule has 2 rings (SSSR count). The van der Waals surface area contributed by atoms with Crippen LogP contribution in [-0.2, 0) is 15.6 Å². The number of fused-ring (bicyclic) bond motifs is 1. The van der Waals surface area contributed by atoms with E-state index in [0.29, 0.717) is 0 Å². The van der Waals surface area contributed by atoms with Gasteiger partial charge in [-0.25, -0.2) is 0 Å². The summed E-state index contributed by atoms with van der Waals surface area (Å²) in [5.41, 5.74) is 1.14. The van der Waals surface area contributed by atoms with Crippen molar-refractivity contribution in [2.75, 3.05) is 0 Å². The second kappa shape index (κ2) is 7.41. The number of aldehydes is 1. The third-order valence-corrected chi connectivity index (χ3v) is 4.79. The van der Waals surface area contributed by atoms with Gasteiger partial charge in [-0.3, -0.25) is 0 Å². The van der Waals surface area contributed by atoms with E-state index in [1.54, 1.807) is 0 Å². The Balaban J connectivity index is 2.26. The number of hydrogen-bond donors (Lipinski definition) is 0. The zero-order valence-corrected chi connectivity index (χ0v) is 15.8. The van der Waals surface area contributed by atoms with Gasteiger partial charge in [0.2, 0.25) is 9.04 Å². The van der Waals surface area contributed by atoms with Crippen LogP contribution in [0.4, 0.5) is 0 Å². The Kier molecular flexibility index (Phi) is 5.77. The summed E-state index contributed by atoms with van der Waals surface area (Å²) in [6, 6.07) is 14.8. The minimum Gasteiger partial charge on any atom is -0.413 e. The fourth-order valence-corrected chi connectivity index (χ4v) is 4.06. The third kappa shape index (κ3) is 4.76. The molecule has 0 aliphatic heterocycles. The minimum atomic E-state index is -0.855. The number of rotatable bonds is 6. The highest BCUT2D eigenvalue weighted by molar-refractivity contribution is 6.48. The molecule has 0 heterocycles. The van der Waals surface area contributed by atoms with Crippen LogP contribution in [0.15, 0.2) is 42.5 Å². The van der Waals surface area contributed by atoms with Gasteiger partial charge in [-0.2, -0.15) is 0 Å². The summed E-state index contributed by atoms with van der Waals surface area (Å²) in [6.07, 6.45) is 1.76. The molecule has 3 heteroatoms. The molecule has 0 aliphatic carbocycles. The molecule has 0 saturated heterocycles. The van der Waals surface area contributed by atoms with E-state index in [1.165, 1.54) is 16.3 Å². The molecule has 23 heavy (non-hydrogen) atoms. The quantitative estimate of drug-likeness (QED) is 0.558. The van der Waals surface area contributed by atoms with E-state index in [1.807, 2.05) is 12.1 Å². The highest BCUT2D eigenvalue weighted by Gasteiger charge is 2.33. The molecule has 0 spiro atoms. The molecule has 2 unspecified atom stereocenters. The van der Waals surface area contributed by atoms with E-state index in [4.69, 9.17) is 4.43 Å². The van der Waals surface area contributed by atoms with E-state index >= 15 is 0 Å². The average Bonchev–Trinajstić information content (AvgIpc) is 2.49. The van der Waals surface area contributed by atoms with Crippen LogP contribution in [0.1, 0.15) is 26.3 Å². The summed E-state index contributed by atoms with van der Waals surface area (Å²) >= 11 is 0. The average molecular weight is 328 g/mol. The van der Waals surface area contributed by atoms with Crippen LogP contribution in [0.3, 0.4) is 0 Å². The monoisotopic (exact) mass is 327 g/mol. The van der Waals surface area contributed by atoms with E-state index in [-0.39, 0.29) is 17.4 Å². The van der Waals surface area contributed by atoms with Crippen molar-refractivity contribution in [3.63, 3.8) is 0 Å². The second-order valence-corrected chi connectivity index (χ2v) is 9.55. The van der Waals surface area contributed by atoms with Crippen LogP contribution >= 0.6 is 0 Å². The molecule has 0 aromatic heterocycles. The Morgan fingerprint density at radius 3 is 2.30 bits per heavy atom. The van der Waals surface area contributed by atoms with Crippen molar-refractivity contribution in [1.29, 1.82) is 0 Å². The molecule has 0 fully saturated rings. The predicted molar refractivity (Wildman–Crippen MR) is 99.0 cm³/mol. The molecular weight excluding hydrogens is 300 g/mol. The van der Waals surface area contributed by atoms with Gasteiger partial charge in [0.1, 0.15) is 6.29 Å². The fraction of sp³-hybridized carbons (Fsp3) is 0.450. The molecule has 1 radical (unpaired) electrons. The highest BCUT2D eigenvalue weighted by atomic mass is 28.3. The standard InChI is InChI=1S/C20H27O2Si/c1-20(2,3)19(22-23(4)5)18(14-21)13-15-10-11-16-8-6-7-9-17(16)12-15/h6-12,14,18-19H,13H2,1-5H3. The lowest BCUT2D eigenvalue weighted by Gasteiger charge is -2.36. The number of benzene rings is 2. The molecule has 2 atom stereocenters. The summed E-state index contributed by atoms with van der Waals surface area (Å²) in [6.45, 7) is 10.7. The molecule has 2 nitrogen and oxygen atoms in total. The van der Waals surface area contributed by atoms with Crippen molar-refractivity contribution in [2.24, 2.45) is 11.3 Å². The molecule has 2 aromatic rings. The first-order chi connectivity index (χ1) is 10.8. The SMILES string of the molecule is C[Si](C)OC(C(C=O)Cc1ccc2ccccc2c1)C(C)(C)C. The van der Waals surface area contributed by atoms with E-state index in [2.05, 4.69) is 64.2 Å². The summed E-state index contributed by atoms with van der Waals surface area (Å²) < 4.78 is 6.20. The van der Waals surface area contributed by atoms with Crippen LogP contribution in [0, 0.1) is 11.3 Å². The van der Waals surface area contributed by atoms with Crippen molar-refractivity contribution in [1.82, 2.24) is 0 Å². The van der Waals surface area contributed by atoms with Crippen molar-refractivity contribution < 1.29 is 9.22 Å². The Hall–Kier alpha value is -1.45. The van der Waals surface area contributed by atoms with Crippen LogP contribution in [0.5, 0.6) is 0 Å². The van der Waals surface area contributed by atoms with Crippen molar-refractivity contribution in [3.8, 4) is 0 Å². The smallest absolute Gasteiger partial charge is 0.205 e. The van der Waals surface area contributed by atoms with Gasteiger partial charge in [-0.1, -0.05) is 63.2 Å². The number of carbonyl (C=O) groups is 1. The Morgan fingerprint density at radius 1 is 1.09 bits per heavy atom. The van der Waals surface area contributed by atoms with Crippen molar-refractivity contribution in [3.05, 3.63) is 48.0 Å². The fourth-order valence-electron chi connectivity index (χ4n) is 3.02. The molecule has 0 saturated carbocycles. The lowest BCUT2D eigenvalue weighted by Crippen LogP contribution is -2.41. The summed E-state index contributed by atoms with van der Waals surface area (Å²) in [4.78, 5) is 11.8. The zero-order chi connectivity index (χ0) is 17.0. The Labute approximate surface area is 141 Å². The molecule has 0 N–H and O–H groups in total. The van der Waals surface area contributed by atoms with Gasteiger partial charge in [0, 0.05) is 5.92 Å². The number of hydrogen-bond acceptors (Lipinski definition) is 2. The number of carbonyl (C=O) groups excluding carboxylic acids is 1. The van der Waals surface area contributed by atoms with Gasteiger partial charge >= 0.3 is 0 Å². The van der Waals surface area contributed by atoms with Gasteiger partial charge in [-0.15, -0.1) is 0 Å². The maximum atomic E-state index is 11.8. The van der Waals surface area contributed by atoms with Crippen molar-refractivity contribution >= 4 is 26.1 Å². The molecule has 0 bridgehead atoms. The molecule has 123 valence electrons. The maximum Gasteiger partial charge on any atom is 0.205 e. The largest absolute Gasteiger partial charge is 0.413 e. The van der Waals surface area contributed by atoms with Crippen LogP contribution in [-0.4, -0.2) is 21.4 Å². The van der Waals surface area contributed by atoms with Gasteiger partial charge in [0.05, 0.1) is 6.10 Å². The second-order valence-electron chi connectivity index (χ2n) is 7.50. The Morgan fingerprint density at radius 2 is 1.74 bits per heavy atom. The molecule has 0 aliphatic rings. The van der Waals surface area contributed by atoms with Gasteiger partial charge in [0.15, 0.2) is 0 Å². The molecule has 0 amide bonds. The summed E-state index contributed by atoms with van der Waals surface area (Å²) in [5, 5.41) is 2.45. The van der Waals surface area contributed by atoms with Gasteiger partial charge in [0.25, 0.3) is 0 Å². The van der Waals surface area contributed by atoms with Gasteiger partial charge in [-0.05, 0) is 41.3 Å². The first-order valence-electron chi connectivity index (χ1n) is 8.21. The highest BCUT2D eigenvalue weighted by Crippen LogP contribution is 2.30. The van der Waals surface area contributed by atoms with Gasteiger partial charge < -0.3 is 9.22 Å². The molecular formula is C20H27O2Si. The first kappa shape index (κ1) is 17.9. The van der Waals surface area contributed by atoms with Crippen LogP contribution in [0.25, 0.3) is 10.8 Å². The summed E-state index contributed by atoms with van der Waals surface area (Å²) in [7, 11) is -0.855. The van der Waals surface area contributed by atoms with E-state index in [9.17, 15) is 4.79 Å². The zero-order valence-electron chi connectivity index (χ0n) is 14.8. The topological polar surface area (TPSA) is 26.3 Å². The normalized spacial score (nSPS) is 14.9. The third-order valence-electron chi connectivity index (χ3n) is 4.07. The minimum absolute atomic E-state index is 0.0460. The predicted octanol–water partition coefficient (Wildman–Crippen LogP) is 4.88. The maximum absolute atomic E-state index is 11.8. The Bertz CT molecular complexity index is 658. The summed E-state index contributed by atoms with van der Waals surface area (Å²) in [5.74, 6) is -0.115. The van der Waals surface area contributed by atoms with Crippen molar-refractivity contribution in [2.45, 2.75) is 46.4 Å².